The molecule has 3 heterocycles. The molecule has 342 valence electrons. The van der Waals surface area contributed by atoms with Crippen LogP contribution in [0.15, 0.2) is 57.1 Å². The van der Waals surface area contributed by atoms with Crippen molar-refractivity contribution in [2.75, 3.05) is 11.4 Å². The number of unbranched alkanes of at least 4 members (excludes halogenated alkanes) is 7. The lowest BCUT2D eigenvalue weighted by Crippen LogP contribution is -2.32. The van der Waals surface area contributed by atoms with Crippen LogP contribution >= 0.6 is 22.7 Å². The van der Waals surface area contributed by atoms with Gasteiger partial charge in [0.15, 0.2) is 4.66 Å². The molecule has 0 bridgehead atoms. The number of carboxylic acids is 1. The van der Waals surface area contributed by atoms with E-state index in [1.807, 2.05) is 25.1 Å². The van der Waals surface area contributed by atoms with Crippen LogP contribution in [0.5, 0.6) is 0 Å². The van der Waals surface area contributed by atoms with E-state index in [9.17, 15) is 29.5 Å². The number of hydrogen-bond donors (Lipinski definition) is 1. The molecule has 2 aromatic carbocycles. The van der Waals surface area contributed by atoms with E-state index in [4.69, 9.17) is 11.3 Å². The number of benzene rings is 2. The Balaban J connectivity index is 1.60. The molecule has 1 aliphatic rings. The van der Waals surface area contributed by atoms with Gasteiger partial charge in [-0.2, -0.15) is 5.26 Å². The first kappa shape index (κ1) is 50.0. The molecule has 0 radical (unpaired) electrons. The smallest absolute Gasteiger partial charge is 0.336 e. The topological polar surface area (TPSA) is 139 Å². The van der Waals surface area contributed by atoms with E-state index in [1.54, 1.807) is 6.92 Å². The Morgan fingerprint density at radius 3 is 1.71 bits per heavy atom. The monoisotopic (exact) mass is 915 g/mol. The lowest BCUT2D eigenvalue weighted by Gasteiger charge is -2.27. The zero-order chi connectivity index (χ0) is 46.9. The SMILES string of the molecule is [C-]#[N+]C(C(=O)O)=c1sc(=CC(=Cc2ccc3c(c2)CCc2cc(C=C(C=c4sc(=C(C#N)OC=O)n(CC)c4=O)CCCCC)ccc2N3CCCCCC)CCCCC)c(=O)n1CC. The van der Waals surface area contributed by atoms with E-state index in [2.05, 4.69) is 79.1 Å². The summed E-state index contributed by atoms with van der Waals surface area (Å²) in [6.07, 6.45) is 21.9. The first-order valence-corrected chi connectivity index (χ1v) is 24.7. The molecule has 0 aliphatic carbocycles. The van der Waals surface area contributed by atoms with Crippen LogP contribution in [0.1, 0.15) is 134 Å². The summed E-state index contributed by atoms with van der Waals surface area (Å²) in [5.41, 5.74) is 7.96. The van der Waals surface area contributed by atoms with E-state index in [0.29, 0.717) is 20.3 Å². The zero-order valence-corrected chi connectivity index (χ0v) is 40.0. The van der Waals surface area contributed by atoms with Gasteiger partial charge in [0.1, 0.15) is 10.7 Å². The number of thiazole rings is 2. The molecule has 5 rings (SSSR count). The average molecular weight is 916 g/mol. The van der Waals surface area contributed by atoms with E-state index < -0.39 is 11.7 Å². The van der Waals surface area contributed by atoms with Crippen molar-refractivity contribution in [3.8, 4) is 6.07 Å². The van der Waals surface area contributed by atoms with Crippen molar-refractivity contribution < 1.29 is 19.4 Å². The average Bonchev–Trinajstić information content (AvgIpc) is 3.72. The van der Waals surface area contributed by atoms with Gasteiger partial charge in [-0.3, -0.25) is 23.7 Å². The molecule has 0 saturated heterocycles. The maximum atomic E-state index is 13.6. The Morgan fingerprint density at radius 2 is 1.26 bits per heavy atom. The van der Waals surface area contributed by atoms with Gasteiger partial charge >= 0.3 is 11.7 Å². The fourth-order valence-electron chi connectivity index (χ4n) is 8.27. The minimum absolute atomic E-state index is 0.168. The molecule has 0 atom stereocenters. The fourth-order valence-corrected chi connectivity index (χ4v) is 10.6. The molecular weight excluding hydrogens is 855 g/mol. The number of nitriles is 1. The summed E-state index contributed by atoms with van der Waals surface area (Å²) in [7, 11) is 0. The number of aryl methyl sites for hydroxylation is 2. The molecule has 0 fully saturated rings. The van der Waals surface area contributed by atoms with E-state index in [1.165, 1.54) is 38.1 Å². The molecule has 13 heteroatoms. The summed E-state index contributed by atoms with van der Waals surface area (Å²) in [5, 5.41) is 19.4. The molecule has 11 nitrogen and oxygen atoms in total. The van der Waals surface area contributed by atoms with Crippen molar-refractivity contribution in [2.24, 2.45) is 0 Å². The van der Waals surface area contributed by atoms with Gasteiger partial charge in [0.25, 0.3) is 17.6 Å². The second-order valence-electron chi connectivity index (χ2n) is 16.2. The molecule has 4 aromatic rings. The number of rotatable bonds is 22. The molecule has 1 aliphatic heterocycles. The lowest BCUT2D eigenvalue weighted by atomic mass is 9.98. The Kier molecular flexibility index (Phi) is 19.1. The van der Waals surface area contributed by atoms with Crippen LogP contribution in [0, 0.1) is 17.9 Å². The van der Waals surface area contributed by atoms with Gasteiger partial charge in [0.05, 0.1) is 15.6 Å². The van der Waals surface area contributed by atoms with Crippen LogP contribution in [0.2, 0.25) is 0 Å². The van der Waals surface area contributed by atoms with Gasteiger partial charge < -0.3 is 19.3 Å². The van der Waals surface area contributed by atoms with E-state index in [0.717, 1.165) is 135 Å². The highest BCUT2D eigenvalue weighted by atomic mass is 32.1. The Hall–Kier alpha value is -6.02. The summed E-state index contributed by atoms with van der Waals surface area (Å²) < 4.78 is 9.19. The predicted molar refractivity (Wildman–Crippen MR) is 265 cm³/mol. The number of fused-ring (bicyclic) bond motifs is 2. The summed E-state index contributed by atoms with van der Waals surface area (Å²) in [5.74, 6) is -1.53. The van der Waals surface area contributed by atoms with Crippen LogP contribution in [0.4, 0.5) is 11.4 Å². The third kappa shape index (κ3) is 12.6. The highest BCUT2D eigenvalue weighted by Gasteiger charge is 2.22. The molecule has 0 saturated carbocycles. The summed E-state index contributed by atoms with van der Waals surface area (Å²) in [4.78, 5) is 55.9. The number of carbonyl (C=O) groups is 2. The van der Waals surface area contributed by atoms with Gasteiger partial charge in [-0.15, -0.1) is 22.7 Å². The summed E-state index contributed by atoms with van der Waals surface area (Å²) in [6.45, 7) is 19.3. The number of carboxylic acid groups (broad SMARTS) is 1. The fraction of sp³-hybridized carbons (Fsp3) is 0.423. The number of aromatic nitrogens is 2. The number of anilines is 2. The largest absolute Gasteiger partial charge is 0.486 e. The second kappa shape index (κ2) is 24.9. The third-order valence-corrected chi connectivity index (χ3v) is 13.8. The van der Waals surface area contributed by atoms with Gasteiger partial charge in [-0.1, -0.05) is 90.0 Å². The molecule has 2 aromatic heterocycles. The Bertz CT molecular complexity index is 2880. The Labute approximate surface area is 389 Å². The summed E-state index contributed by atoms with van der Waals surface area (Å²) in [6, 6.07) is 15.2. The maximum Gasteiger partial charge on any atom is 0.336 e. The summed E-state index contributed by atoms with van der Waals surface area (Å²) >= 11 is 2.22. The van der Waals surface area contributed by atoms with Crippen molar-refractivity contribution >= 4 is 82.3 Å². The highest BCUT2D eigenvalue weighted by Crippen LogP contribution is 2.38. The van der Waals surface area contributed by atoms with Crippen molar-refractivity contribution in [3.63, 3.8) is 0 Å². The molecule has 0 unspecified atom stereocenters. The van der Waals surface area contributed by atoms with Gasteiger partial charge in [-0.05, 0) is 129 Å². The molecule has 65 heavy (non-hydrogen) atoms. The van der Waals surface area contributed by atoms with Crippen molar-refractivity contribution in [2.45, 2.75) is 138 Å². The number of allylic oxidation sites excluding steroid dienone is 2. The lowest BCUT2D eigenvalue weighted by molar-refractivity contribution is -0.130. The van der Waals surface area contributed by atoms with Crippen LogP contribution in [0.3, 0.4) is 0 Å². The zero-order valence-electron chi connectivity index (χ0n) is 38.4. The molecule has 1 N–H and O–H groups in total. The van der Waals surface area contributed by atoms with Crippen molar-refractivity contribution in [1.29, 1.82) is 5.26 Å². The van der Waals surface area contributed by atoms with Crippen molar-refractivity contribution in [1.82, 2.24) is 9.13 Å². The van der Waals surface area contributed by atoms with Crippen LogP contribution < -0.4 is 34.4 Å². The first-order valence-electron chi connectivity index (χ1n) is 23.0. The quantitative estimate of drug-likeness (QED) is 0.0469. The maximum absolute atomic E-state index is 13.6. The Morgan fingerprint density at radius 1 is 0.769 bits per heavy atom. The minimum Gasteiger partial charge on any atom is -0.486 e. The number of carbonyl (C=O) groups excluding carboxylic acids is 1. The van der Waals surface area contributed by atoms with Crippen LogP contribution in [0.25, 0.3) is 40.6 Å². The molecule has 0 amide bonds. The normalized spacial score (nSPS) is 14.3. The minimum atomic E-state index is -1.34. The van der Waals surface area contributed by atoms with Crippen molar-refractivity contribution in [3.05, 3.63) is 120 Å². The van der Waals surface area contributed by atoms with E-state index >= 15 is 0 Å². The highest BCUT2D eigenvalue weighted by molar-refractivity contribution is 7.07. The van der Waals surface area contributed by atoms with Crippen LogP contribution in [-0.4, -0.2) is 33.2 Å². The first-order chi connectivity index (χ1) is 31.5. The van der Waals surface area contributed by atoms with Gasteiger partial charge in [0.2, 0.25) is 5.76 Å². The van der Waals surface area contributed by atoms with Gasteiger partial charge in [-0.25, -0.2) is 4.85 Å². The third-order valence-electron chi connectivity index (χ3n) is 11.6. The van der Waals surface area contributed by atoms with Crippen LogP contribution in [-0.2, 0) is 40.3 Å². The number of nitrogens with zero attached hydrogens (tertiary/aromatic N) is 5. The standard InChI is InChI=1S/C52H61N5O6S2/c1-7-12-15-18-27-57-42-25-21-38(28-36(19-16-13-8-2)32-45-48(59)55(10-4)50(64-45)44(34-53)63-35-58)30-40(42)23-24-41-31-39(22-26-43(41)57)29-37(20-17-14-9-3)33-46-49(60)56(11-5)51(65-46)47(54-6)52(61)62/h21-22,25-26,28-33,35H,7-20,23-24,27H2,1-5H3,(H,61,62). The number of hydrogen-bond acceptors (Lipinski definition) is 9. The van der Waals surface area contributed by atoms with E-state index in [-0.39, 0.29) is 34.6 Å². The second-order valence-corrected chi connectivity index (χ2v) is 18.3. The molecular formula is C52H61N5O6S2. The predicted octanol–water partition coefficient (Wildman–Crippen LogP) is 8.80. The van der Waals surface area contributed by atoms with Gasteiger partial charge in [0, 0.05) is 31.0 Å². The number of ether oxygens (including phenoxy) is 1. The number of aliphatic carboxylic acids is 1. The molecule has 0 spiro atoms.